The number of hydrogen-bond acceptors (Lipinski definition) is 3. The molecule has 0 aliphatic heterocycles. The summed E-state index contributed by atoms with van der Waals surface area (Å²) in [4.78, 5) is 24.0. The molecule has 0 fully saturated rings. The molecule has 5 nitrogen and oxygen atoms in total. The molecule has 0 aliphatic carbocycles. The van der Waals surface area contributed by atoms with E-state index in [4.69, 9.17) is 4.74 Å². The summed E-state index contributed by atoms with van der Waals surface area (Å²) in [6.07, 6.45) is 0. The van der Waals surface area contributed by atoms with Crippen molar-refractivity contribution in [2.45, 2.75) is 26.8 Å². The van der Waals surface area contributed by atoms with Crippen LogP contribution in [-0.2, 0) is 9.53 Å². The Hall–Kier alpha value is -1.26. The van der Waals surface area contributed by atoms with Crippen LogP contribution in [0.4, 0.5) is 4.79 Å². The molecule has 0 heterocycles. The summed E-state index contributed by atoms with van der Waals surface area (Å²) in [5, 5.41) is 2.47. The van der Waals surface area contributed by atoms with Crippen LogP contribution in [-0.4, -0.2) is 43.1 Å². The maximum Gasteiger partial charge on any atom is 0.328 e. The molecule has 0 rings (SSSR count). The van der Waals surface area contributed by atoms with Gasteiger partial charge in [0.1, 0.15) is 6.04 Å². The highest BCUT2D eigenvalue weighted by Gasteiger charge is 2.24. The third-order valence-electron chi connectivity index (χ3n) is 1.91. The van der Waals surface area contributed by atoms with Crippen LogP contribution in [0.2, 0.25) is 0 Å². The van der Waals surface area contributed by atoms with Gasteiger partial charge in [-0.3, -0.25) is 0 Å². The smallest absolute Gasteiger partial charge is 0.328 e. The van der Waals surface area contributed by atoms with Gasteiger partial charge >= 0.3 is 12.0 Å². The molecular weight excluding hydrogens is 184 g/mol. The molecule has 14 heavy (non-hydrogen) atoms. The van der Waals surface area contributed by atoms with E-state index in [1.54, 1.807) is 13.8 Å². The molecule has 0 aromatic rings. The minimum Gasteiger partial charge on any atom is -0.464 e. The van der Waals surface area contributed by atoms with E-state index < -0.39 is 6.04 Å². The molecule has 5 heteroatoms. The molecule has 1 N–H and O–H groups in total. The summed E-state index contributed by atoms with van der Waals surface area (Å²) in [5.41, 5.74) is 0. The summed E-state index contributed by atoms with van der Waals surface area (Å²) < 4.78 is 4.82. The molecule has 0 aromatic heterocycles. The molecule has 0 radical (unpaired) electrons. The average Bonchev–Trinajstić information content (AvgIpc) is 2.18. The molecule has 0 spiro atoms. The van der Waals surface area contributed by atoms with Crippen molar-refractivity contribution in [2.75, 3.05) is 20.2 Å². The van der Waals surface area contributed by atoms with Gasteiger partial charge in [0.25, 0.3) is 0 Å². The van der Waals surface area contributed by atoms with Crippen LogP contribution in [0.1, 0.15) is 20.8 Å². The van der Waals surface area contributed by atoms with Crippen LogP contribution in [0.25, 0.3) is 0 Å². The largest absolute Gasteiger partial charge is 0.464 e. The normalized spacial score (nSPS) is 11.7. The van der Waals surface area contributed by atoms with Crippen molar-refractivity contribution in [1.29, 1.82) is 0 Å². The second-order valence-electron chi connectivity index (χ2n) is 2.77. The topological polar surface area (TPSA) is 58.6 Å². The molecular formula is C9H18N2O3. The number of carbonyl (C=O) groups is 2. The lowest BCUT2D eigenvalue weighted by Crippen LogP contribution is -2.47. The number of rotatable bonds is 4. The van der Waals surface area contributed by atoms with E-state index in [0.717, 1.165) is 0 Å². The Morgan fingerprint density at radius 2 is 2.00 bits per heavy atom. The Labute approximate surface area is 84.4 Å². The van der Waals surface area contributed by atoms with Gasteiger partial charge in [-0.05, 0) is 20.8 Å². The molecule has 82 valence electrons. The third kappa shape index (κ3) is 3.24. The number of urea groups is 1. The monoisotopic (exact) mass is 202 g/mol. The van der Waals surface area contributed by atoms with Gasteiger partial charge < -0.3 is 15.0 Å². The van der Waals surface area contributed by atoms with Crippen molar-refractivity contribution in [3.8, 4) is 0 Å². The van der Waals surface area contributed by atoms with E-state index in [9.17, 15) is 9.59 Å². The first kappa shape index (κ1) is 12.7. The highest BCUT2D eigenvalue weighted by molar-refractivity contribution is 5.83. The van der Waals surface area contributed by atoms with E-state index in [-0.39, 0.29) is 12.0 Å². The standard InChI is InChI=1S/C9H18N2O3/c1-5-11(9(13)10-4)7(3)8(12)14-6-2/h7H,5-6H2,1-4H3,(H,10,13)/t7-/m0/s1. The van der Waals surface area contributed by atoms with Gasteiger partial charge in [-0.2, -0.15) is 0 Å². The number of nitrogens with zero attached hydrogens (tertiary/aromatic N) is 1. The predicted molar refractivity (Wildman–Crippen MR) is 52.9 cm³/mol. The van der Waals surface area contributed by atoms with Gasteiger partial charge in [0, 0.05) is 13.6 Å². The van der Waals surface area contributed by atoms with Gasteiger partial charge in [0.05, 0.1) is 6.61 Å². The van der Waals surface area contributed by atoms with E-state index in [2.05, 4.69) is 5.32 Å². The Morgan fingerprint density at radius 3 is 2.36 bits per heavy atom. The Kier molecular flexibility index (Phi) is 5.67. The highest BCUT2D eigenvalue weighted by Crippen LogP contribution is 2.01. The van der Waals surface area contributed by atoms with Crippen molar-refractivity contribution in [3.63, 3.8) is 0 Å². The van der Waals surface area contributed by atoms with E-state index in [1.165, 1.54) is 11.9 Å². The second kappa shape index (κ2) is 6.23. The quantitative estimate of drug-likeness (QED) is 0.679. The maximum atomic E-state index is 11.3. The van der Waals surface area contributed by atoms with Gasteiger partial charge in [0.15, 0.2) is 0 Å². The molecule has 0 aliphatic rings. The maximum absolute atomic E-state index is 11.3. The van der Waals surface area contributed by atoms with E-state index in [0.29, 0.717) is 13.2 Å². The number of hydrogen-bond donors (Lipinski definition) is 1. The lowest BCUT2D eigenvalue weighted by atomic mass is 10.3. The zero-order valence-electron chi connectivity index (χ0n) is 9.16. The van der Waals surface area contributed by atoms with Crippen molar-refractivity contribution in [3.05, 3.63) is 0 Å². The van der Waals surface area contributed by atoms with Crippen LogP contribution < -0.4 is 5.32 Å². The molecule has 0 unspecified atom stereocenters. The van der Waals surface area contributed by atoms with Crippen molar-refractivity contribution in [1.82, 2.24) is 10.2 Å². The zero-order chi connectivity index (χ0) is 11.1. The van der Waals surface area contributed by atoms with Gasteiger partial charge in [0.2, 0.25) is 0 Å². The van der Waals surface area contributed by atoms with Crippen LogP contribution >= 0.6 is 0 Å². The number of nitrogens with one attached hydrogen (secondary N) is 1. The Balaban J connectivity index is 4.37. The van der Waals surface area contributed by atoms with Crippen LogP contribution in [0.3, 0.4) is 0 Å². The molecule has 0 saturated carbocycles. The summed E-state index contributed by atoms with van der Waals surface area (Å²) in [6, 6.07) is -0.812. The predicted octanol–water partition coefficient (Wildman–Crippen LogP) is 0.599. The van der Waals surface area contributed by atoms with Crippen LogP contribution in [0, 0.1) is 0 Å². The number of likely N-dealkylation sites (N-methyl/N-ethyl adjacent to an activating group) is 1. The van der Waals surface area contributed by atoms with Crippen LogP contribution in [0.5, 0.6) is 0 Å². The first-order chi connectivity index (χ1) is 6.58. The molecule has 0 aromatic carbocycles. The van der Waals surface area contributed by atoms with Crippen molar-refractivity contribution in [2.24, 2.45) is 0 Å². The average molecular weight is 202 g/mol. The zero-order valence-corrected chi connectivity index (χ0v) is 9.16. The fraction of sp³-hybridized carbons (Fsp3) is 0.778. The van der Waals surface area contributed by atoms with E-state index in [1.807, 2.05) is 6.92 Å². The first-order valence-electron chi connectivity index (χ1n) is 4.73. The fourth-order valence-corrected chi connectivity index (χ4v) is 1.13. The summed E-state index contributed by atoms with van der Waals surface area (Å²) >= 11 is 0. The number of esters is 1. The molecule has 0 bridgehead atoms. The third-order valence-corrected chi connectivity index (χ3v) is 1.91. The SMILES string of the molecule is CCOC(=O)[C@H](C)N(CC)C(=O)NC. The molecule has 0 saturated heterocycles. The first-order valence-corrected chi connectivity index (χ1v) is 4.73. The molecule has 2 amide bonds. The Bertz CT molecular complexity index is 206. The number of amides is 2. The lowest BCUT2D eigenvalue weighted by molar-refractivity contribution is -0.147. The van der Waals surface area contributed by atoms with Crippen molar-refractivity contribution < 1.29 is 14.3 Å². The fourth-order valence-electron chi connectivity index (χ4n) is 1.13. The molecule has 1 atom stereocenters. The van der Waals surface area contributed by atoms with Gasteiger partial charge in [-0.25, -0.2) is 9.59 Å². The minimum atomic E-state index is -0.542. The number of ether oxygens (including phenoxy) is 1. The Morgan fingerprint density at radius 1 is 1.43 bits per heavy atom. The minimum absolute atomic E-state index is 0.270. The van der Waals surface area contributed by atoms with Gasteiger partial charge in [-0.1, -0.05) is 0 Å². The number of carbonyl (C=O) groups excluding carboxylic acids is 2. The summed E-state index contributed by atoms with van der Waals surface area (Å²) in [7, 11) is 1.53. The summed E-state index contributed by atoms with van der Waals surface area (Å²) in [5.74, 6) is -0.377. The highest BCUT2D eigenvalue weighted by atomic mass is 16.5. The summed E-state index contributed by atoms with van der Waals surface area (Å²) in [6.45, 7) is 6.00. The van der Waals surface area contributed by atoms with Gasteiger partial charge in [-0.15, -0.1) is 0 Å². The van der Waals surface area contributed by atoms with E-state index >= 15 is 0 Å². The van der Waals surface area contributed by atoms with Crippen LogP contribution in [0.15, 0.2) is 0 Å². The lowest BCUT2D eigenvalue weighted by Gasteiger charge is -2.25. The second-order valence-corrected chi connectivity index (χ2v) is 2.77. The van der Waals surface area contributed by atoms with Crippen molar-refractivity contribution >= 4 is 12.0 Å².